The molecule has 1 aliphatic heterocycles. The summed E-state index contributed by atoms with van der Waals surface area (Å²) in [6, 6.07) is 12.5. The molecule has 1 aromatic carbocycles. The topological polar surface area (TPSA) is 36.4 Å². The molecule has 0 unspecified atom stereocenters. The lowest BCUT2D eigenvalue weighted by Crippen LogP contribution is -2.48. The zero-order valence-corrected chi connectivity index (χ0v) is 14.5. The van der Waals surface area contributed by atoms with Crippen molar-refractivity contribution in [1.29, 1.82) is 0 Å². The SMILES string of the molecule is CC(C)c1ccc(CN2CCN(C(=O)c3ccncc3)CC2)cc1. The predicted octanol–water partition coefficient (Wildman–Crippen LogP) is 3.16. The van der Waals surface area contributed by atoms with Gasteiger partial charge in [0.25, 0.3) is 5.91 Å². The molecule has 2 heterocycles. The van der Waals surface area contributed by atoms with E-state index >= 15 is 0 Å². The molecule has 1 aromatic heterocycles. The molecule has 0 bridgehead atoms. The zero-order chi connectivity index (χ0) is 16.9. The molecule has 2 aromatic rings. The van der Waals surface area contributed by atoms with Crippen molar-refractivity contribution in [1.82, 2.24) is 14.8 Å². The number of hydrogen-bond donors (Lipinski definition) is 0. The summed E-state index contributed by atoms with van der Waals surface area (Å²) in [6.45, 7) is 8.79. The van der Waals surface area contributed by atoms with Gasteiger partial charge < -0.3 is 4.90 Å². The van der Waals surface area contributed by atoms with Gasteiger partial charge in [0.05, 0.1) is 0 Å². The molecule has 4 nitrogen and oxygen atoms in total. The number of carbonyl (C=O) groups is 1. The molecule has 1 aliphatic rings. The van der Waals surface area contributed by atoms with Gasteiger partial charge in [0.2, 0.25) is 0 Å². The summed E-state index contributed by atoms with van der Waals surface area (Å²) >= 11 is 0. The highest BCUT2D eigenvalue weighted by molar-refractivity contribution is 5.94. The average molecular weight is 323 g/mol. The van der Waals surface area contributed by atoms with Gasteiger partial charge in [-0.3, -0.25) is 14.7 Å². The van der Waals surface area contributed by atoms with Crippen LogP contribution in [0.1, 0.15) is 41.3 Å². The summed E-state index contributed by atoms with van der Waals surface area (Å²) < 4.78 is 0. The Morgan fingerprint density at radius 2 is 1.62 bits per heavy atom. The third kappa shape index (κ3) is 4.01. The molecule has 0 spiro atoms. The lowest BCUT2D eigenvalue weighted by Gasteiger charge is -2.34. The molecule has 1 fully saturated rings. The molecule has 24 heavy (non-hydrogen) atoms. The summed E-state index contributed by atoms with van der Waals surface area (Å²) in [5.41, 5.74) is 3.45. The van der Waals surface area contributed by atoms with Crippen LogP contribution in [0.3, 0.4) is 0 Å². The van der Waals surface area contributed by atoms with E-state index in [4.69, 9.17) is 0 Å². The van der Waals surface area contributed by atoms with Gasteiger partial charge in [0.15, 0.2) is 0 Å². The van der Waals surface area contributed by atoms with Crippen molar-refractivity contribution >= 4 is 5.91 Å². The van der Waals surface area contributed by atoms with E-state index in [9.17, 15) is 4.79 Å². The first-order valence-electron chi connectivity index (χ1n) is 8.64. The van der Waals surface area contributed by atoms with Gasteiger partial charge in [0.1, 0.15) is 0 Å². The van der Waals surface area contributed by atoms with Gasteiger partial charge in [-0.15, -0.1) is 0 Å². The van der Waals surface area contributed by atoms with E-state index in [2.05, 4.69) is 48.0 Å². The van der Waals surface area contributed by atoms with E-state index < -0.39 is 0 Å². The minimum atomic E-state index is 0.110. The number of benzene rings is 1. The second-order valence-corrected chi connectivity index (χ2v) is 6.70. The number of rotatable bonds is 4. The molecule has 126 valence electrons. The van der Waals surface area contributed by atoms with E-state index in [0.717, 1.165) is 38.3 Å². The van der Waals surface area contributed by atoms with Crippen molar-refractivity contribution in [3.63, 3.8) is 0 Å². The van der Waals surface area contributed by atoms with E-state index in [1.165, 1.54) is 11.1 Å². The molecule has 1 saturated heterocycles. The fraction of sp³-hybridized carbons (Fsp3) is 0.400. The van der Waals surface area contributed by atoms with Gasteiger partial charge >= 0.3 is 0 Å². The molecule has 4 heteroatoms. The molecule has 0 atom stereocenters. The summed E-state index contributed by atoms with van der Waals surface area (Å²) in [6.07, 6.45) is 3.34. The van der Waals surface area contributed by atoms with E-state index in [1.54, 1.807) is 24.5 Å². The van der Waals surface area contributed by atoms with Crippen LogP contribution in [-0.4, -0.2) is 46.9 Å². The van der Waals surface area contributed by atoms with Crippen LogP contribution in [0, 0.1) is 0 Å². The highest BCUT2D eigenvalue weighted by Crippen LogP contribution is 2.16. The first kappa shape index (κ1) is 16.7. The van der Waals surface area contributed by atoms with E-state index in [-0.39, 0.29) is 5.91 Å². The highest BCUT2D eigenvalue weighted by Gasteiger charge is 2.22. The molecule has 0 aliphatic carbocycles. The number of aromatic nitrogens is 1. The van der Waals surface area contributed by atoms with Crippen LogP contribution in [0.4, 0.5) is 0 Å². The Morgan fingerprint density at radius 1 is 1.00 bits per heavy atom. The van der Waals surface area contributed by atoms with Crippen molar-refractivity contribution < 1.29 is 4.79 Å². The first-order chi connectivity index (χ1) is 11.6. The van der Waals surface area contributed by atoms with Crippen molar-refractivity contribution in [3.05, 3.63) is 65.5 Å². The Morgan fingerprint density at radius 3 is 2.21 bits per heavy atom. The summed E-state index contributed by atoms with van der Waals surface area (Å²) in [4.78, 5) is 20.8. The minimum absolute atomic E-state index is 0.110. The number of carbonyl (C=O) groups excluding carboxylic acids is 1. The van der Waals surface area contributed by atoms with E-state index in [0.29, 0.717) is 5.92 Å². The molecule has 3 rings (SSSR count). The third-order valence-electron chi connectivity index (χ3n) is 4.64. The molecular weight excluding hydrogens is 298 g/mol. The second-order valence-electron chi connectivity index (χ2n) is 6.70. The Balaban J connectivity index is 1.52. The fourth-order valence-electron chi connectivity index (χ4n) is 3.05. The van der Waals surface area contributed by atoms with Crippen molar-refractivity contribution in [2.45, 2.75) is 26.3 Å². The van der Waals surface area contributed by atoms with Crippen LogP contribution in [0.2, 0.25) is 0 Å². The van der Waals surface area contributed by atoms with Crippen molar-refractivity contribution in [2.75, 3.05) is 26.2 Å². The number of pyridine rings is 1. The van der Waals surface area contributed by atoms with Crippen LogP contribution in [-0.2, 0) is 6.54 Å². The van der Waals surface area contributed by atoms with Crippen molar-refractivity contribution in [2.24, 2.45) is 0 Å². The van der Waals surface area contributed by atoms with Gasteiger partial charge in [-0.05, 0) is 29.2 Å². The smallest absolute Gasteiger partial charge is 0.254 e. The maximum absolute atomic E-state index is 12.4. The van der Waals surface area contributed by atoms with E-state index in [1.807, 2.05) is 4.90 Å². The largest absolute Gasteiger partial charge is 0.336 e. The maximum atomic E-state index is 12.4. The lowest BCUT2D eigenvalue weighted by atomic mass is 10.0. The van der Waals surface area contributed by atoms with Crippen LogP contribution < -0.4 is 0 Å². The predicted molar refractivity (Wildman–Crippen MR) is 95.9 cm³/mol. The summed E-state index contributed by atoms with van der Waals surface area (Å²) in [5, 5.41) is 0. The lowest BCUT2D eigenvalue weighted by molar-refractivity contribution is 0.0628. The van der Waals surface area contributed by atoms with Gasteiger partial charge in [-0.1, -0.05) is 38.1 Å². The molecule has 1 amide bonds. The maximum Gasteiger partial charge on any atom is 0.254 e. The quantitative estimate of drug-likeness (QED) is 0.867. The van der Waals surface area contributed by atoms with Crippen LogP contribution in [0.15, 0.2) is 48.8 Å². The second kappa shape index (κ2) is 7.58. The Bertz CT molecular complexity index is 659. The average Bonchev–Trinajstić information content (AvgIpc) is 2.63. The number of amides is 1. The molecular formula is C20H25N3O. The minimum Gasteiger partial charge on any atom is -0.336 e. The Kier molecular flexibility index (Phi) is 5.26. The Hall–Kier alpha value is -2.20. The molecule has 0 saturated carbocycles. The summed E-state index contributed by atoms with van der Waals surface area (Å²) in [7, 11) is 0. The molecule has 0 N–H and O–H groups in total. The number of piperazine rings is 1. The van der Waals surface area contributed by atoms with Crippen LogP contribution in [0.5, 0.6) is 0 Å². The monoisotopic (exact) mass is 323 g/mol. The normalized spacial score (nSPS) is 15.7. The van der Waals surface area contributed by atoms with Crippen LogP contribution >= 0.6 is 0 Å². The fourth-order valence-corrected chi connectivity index (χ4v) is 3.05. The molecule has 0 radical (unpaired) electrons. The van der Waals surface area contributed by atoms with Crippen LogP contribution in [0.25, 0.3) is 0 Å². The summed E-state index contributed by atoms with van der Waals surface area (Å²) in [5.74, 6) is 0.681. The number of hydrogen-bond acceptors (Lipinski definition) is 3. The first-order valence-corrected chi connectivity index (χ1v) is 8.64. The van der Waals surface area contributed by atoms with Crippen molar-refractivity contribution in [3.8, 4) is 0 Å². The van der Waals surface area contributed by atoms with Gasteiger partial charge in [-0.2, -0.15) is 0 Å². The van der Waals surface area contributed by atoms with Gasteiger partial charge in [0, 0.05) is 50.7 Å². The highest BCUT2D eigenvalue weighted by atomic mass is 16.2. The Labute approximate surface area is 144 Å². The van der Waals surface area contributed by atoms with Gasteiger partial charge in [-0.25, -0.2) is 0 Å². The zero-order valence-electron chi connectivity index (χ0n) is 14.5. The number of nitrogens with zero attached hydrogens (tertiary/aromatic N) is 3. The standard InChI is InChI=1S/C20H25N3O/c1-16(2)18-5-3-17(4-6-18)15-22-11-13-23(14-12-22)20(24)19-7-9-21-10-8-19/h3-10,16H,11-15H2,1-2H3. The third-order valence-corrected chi connectivity index (χ3v) is 4.64.